The summed E-state index contributed by atoms with van der Waals surface area (Å²) in [5.41, 5.74) is 31.5. The Morgan fingerprint density at radius 3 is 1.23 bits per heavy atom. The molecule has 0 radical (unpaired) electrons. The van der Waals surface area contributed by atoms with E-state index >= 15 is 0 Å². The number of rotatable bonds is 11. The van der Waals surface area contributed by atoms with Gasteiger partial charge in [0.15, 0.2) is 0 Å². The molecule has 0 atom stereocenters. The molecule has 0 amide bonds. The van der Waals surface area contributed by atoms with E-state index < -0.39 is 0 Å². The Hall–Kier alpha value is -11.4. The molecule has 0 saturated carbocycles. The van der Waals surface area contributed by atoms with Crippen LogP contribution >= 0.6 is 11.8 Å². The first-order valence-corrected chi connectivity index (χ1v) is 35.8. The third kappa shape index (κ3) is 10.3. The SMILES string of the molecule is CC(C)(C)c1ccc(-c2ccccc2N(c2ccccc2)c2cc3c4c(c2)N(c2ccccc2-c2ccc(C(C)(C)C)cc2)c2ccccc2B4c2cc4c(cc2N3c2ccccc2)N(c2ccccc2)c2cc(N(c3ccccc3)c3ccccc3)cc3c2B4c2ccccc2S3)cc1. The zero-order valence-electron chi connectivity index (χ0n) is 57.1. The number of para-hydroxylation sites is 8. The highest BCUT2D eigenvalue weighted by Gasteiger charge is 2.48. The summed E-state index contributed by atoms with van der Waals surface area (Å²) in [7, 11) is 0. The Balaban J connectivity index is 0.940. The average Bonchev–Trinajstić information content (AvgIpc) is 0.686. The molecule has 14 aromatic rings. The van der Waals surface area contributed by atoms with Gasteiger partial charge in [0, 0.05) is 89.2 Å². The van der Waals surface area contributed by atoms with Crippen molar-refractivity contribution in [3.8, 4) is 22.3 Å². The van der Waals surface area contributed by atoms with Crippen molar-refractivity contribution in [2.24, 2.45) is 0 Å². The second-order valence-corrected chi connectivity index (χ2v) is 29.9. The lowest BCUT2D eigenvalue weighted by molar-refractivity contribution is 0.590. The molecule has 478 valence electrons. The fourth-order valence-corrected chi connectivity index (χ4v) is 17.3. The van der Waals surface area contributed by atoms with Crippen LogP contribution in [0.5, 0.6) is 0 Å². The van der Waals surface area contributed by atoms with Crippen molar-refractivity contribution in [1.82, 2.24) is 0 Å². The smallest absolute Gasteiger partial charge is 0.252 e. The van der Waals surface area contributed by atoms with Crippen LogP contribution < -0.4 is 57.3 Å². The molecule has 14 aromatic carbocycles. The molecule has 0 aromatic heterocycles. The molecule has 4 aliphatic heterocycles. The van der Waals surface area contributed by atoms with Crippen LogP contribution in [0.2, 0.25) is 0 Å². The van der Waals surface area contributed by atoms with Gasteiger partial charge in [-0.2, -0.15) is 0 Å². The average molecular weight is 1300 g/mol. The maximum Gasteiger partial charge on any atom is 0.252 e. The second-order valence-electron chi connectivity index (χ2n) is 28.9. The Labute approximate surface area is 593 Å². The lowest BCUT2D eigenvalue weighted by Gasteiger charge is -2.47. The van der Waals surface area contributed by atoms with Gasteiger partial charge in [-0.1, -0.05) is 277 Å². The Morgan fingerprint density at radius 2 is 0.680 bits per heavy atom. The molecule has 18 rings (SSSR count). The van der Waals surface area contributed by atoms with Crippen LogP contribution in [0, 0.1) is 0 Å². The highest BCUT2D eigenvalue weighted by molar-refractivity contribution is 8.00. The van der Waals surface area contributed by atoms with Crippen LogP contribution in [-0.4, -0.2) is 13.4 Å². The minimum absolute atomic E-state index is 0.000941. The predicted octanol–water partition coefficient (Wildman–Crippen LogP) is 21.4. The maximum absolute atomic E-state index is 2.65. The van der Waals surface area contributed by atoms with E-state index in [9.17, 15) is 0 Å². The summed E-state index contributed by atoms with van der Waals surface area (Å²) in [5, 5.41) is 0. The van der Waals surface area contributed by atoms with Gasteiger partial charge in [-0.15, -0.1) is 0 Å². The van der Waals surface area contributed by atoms with Crippen molar-refractivity contribution in [2.75, 3.05) is 24.5 Å². The Bertz CT molecular complexity index is 5410. The number of nitrogens with zero attached hydrogens (tertiary/aromatic N) is 5. The fourth-order valence-electron chi connectivity index (χ4n) is 16.1. The number of hydrogen-bond acceptors (Lipinski definition) is 6. The summed E-state index contributed by atoms with van der Waals surface area (Å²) in [5.74, 6) is 0. The zero-order chi connectivity index (χ0) is 67.4. The number of hydrogen-bond donors (Lipinski definition) is 0. The van der Waals surface area contributed by atoms with Gasteiger partial charge in [-0.3, -0.25) is 0 Å². The molecule has 0 N–H and O–H groups in total. The molecule has 0 aliphatic carbocycles. The van der Waals surface area contributed by atoms with E-state index in [0.29, 0.717) is 0 Å². The molecule has 0 bridgehead atoms. The van der Waals surface area contributed by atoms with Gasteiger partial charge >= 0.3 is 0 Å². The molecule has 8 heteroatoms. The number of fused-ring (bicyclic) bond motifs is 8. The van der Waals surface area contributed by atoms with Crippen molar-refractivity contribution >= 4 is 143 Å². The molecule has 0 spiro atoms. The highest BCUT2D eigenvalue weighted by Crippen LogP contribution is 2.53. The Morgan fingerprint density at radius 1 is 0.270 bits per heavy atom. The first kappa shape index (κ1) is 60.9. The summed E-state index contributed by atoms with van der Waals surface area (Å²) in [6, 6.07) is 125. The lowest BCUT2D eigenvalue weighted by atomic mass is 9.30. The van der Waals surface area contributed by atoms with Crippen molar-refractivity contribution < 1.29 is 0 Å². The van der Waals surface area contributed by atoms with Crippen LogP contribution in [0.3, 0.4) is 0 Å². The first-order chi connectivity index (χ1) is 48.9. The van der Waals surface area contributed by atoms with Crippen molar-refractivity contribution in [1.29, 1.82) is 0 Å². The molecule has 100 heavy (non-hydrogen) atoms. The Kier molecular flexibility index (Phi) is 14.8. The molecule has 4 aliphatic rings. The van der Waals surface area contributed by atoms with Gasteiger partial charge in [-0.05, 0) is 176 Å². The van der Waals surface area contributed by atoms with Crippen molar-refractivity contribution in [3.05, 3.63) is 345 Å². The van der Waals surface area contributed by atoms with E-state index in [0.717, 1.165) is 102 Å². The van der Waals surface area contributed by atoms with Crippen molar-refractivity contribution in [2.45, 2.75) is 62.2 Å². The molecule has 5 nitrogen and oxygen atoms in total. The monoisotopic (exact) mass is 1300 g/mol. The van der Waals surface area contributed by atoms with Crippen LogP contribution in [0.25, 0.3) is 22.3 Å². The maximum atomic E-state index is 2.65. The lowest BCUT2D eigenvalue weighted by Crippen LogP contribution is -2.64. The zero-order valence-corrected chi connectivity index (χ0v) is 57.9. The number of benzene rings is 14. The third-order valence-electron chi connectivity index (χ3n) is 20.7. The standard InChI is InChI=1S/C92H73B2N5S/c1-91(2,3)64-52-48-62(49-53-64)73-40-22-26-44-79(73)96(68-34-16-9-17-35-68)71-56-84-89-85(57-71)99(80-45-27-23-41-74(80)63-50-54-65(55-51-63)92(4,5)6)81-46-28-24-42-75(81)93(89)77-60-78-83(61-82(77)97(84)69-36-18-10-19-37-69)98(70-38-20-11-21-39-70)86-58-72(59-88-90(86)94(78)76-43-25-29-47-87(76)100-88)95(66-30-12-7-13-31-66)67-32-14-8-15-33-67/h7-61H,1-6H3. The quantitative estimate of drug-likeness (QED) is 0.119. The fraction of sp³-hybridized carbons (Fsp3) is 0.0870. The van der Waals surface area contributed by atoms with Gasteiger partial charge in [0.05, 0.1) is 17.1 Å². The normalized spacial score (nSPS) is 13.2. The molecule has 0 unspecified atom stereocenters. The van der Waals surface area contributed by atoms with Crippen LogP contribution in [0.15, 0.2) is 343 Å². The first-order valence-electron chi connectivity index (χ1n) is 35.0. The van der Waals surface area contributed by atoms with Crippen LogP contribution in [-0.2, 0) is 10.8 Å². The summed E-state index contributed by atoms with van der Waals surface area (Å²) in [6.07, 6.45) is 0. The molecule has 0 fully saturated rings. The van der Waals surface area contributed by atoms with Gasteiger partial charge in [0.2, 0.25) is 6.71 Å². The second kappa shape index (κ2) is 24.2. The predicted molar refractivity (Wildman–Crippen MR) is 428 cm³/mol. The van der Waals surface area contributed by atoms with E-state index in [1.807, 2.05) is 11.8 Å². The third-order valence-corrected chi connectivity index (χ3v) is 21.9. The minimum Gasteiger partial charge on any atom is -0.311 e. The van der Waals surface area contributed by atoms with Crippen LogP contribution in [0.4, 0.5) is 85.3 Å². The molecule has 0 saturated heterocycles. The molecular formula is C92H73B2N5S. The summed E-state index contributed by atoms with van der Waals surface area (Å²) < 4.78 is 0. The van der Waals surface area contributed by atoms with Crippen LogP contribution in [0.1, 0.15) is 52.7 Å². The van der Waals surface area contributed by atoms with E-state index in [-0.39, 0.29) is 24.3 Å². The molecular weight excluding hydrogens is 1230 g/mol. The van der Waals surface area contributed by atoms with E-state index in [2.05, 4.69) is 400 Å². The van der Waals surface area contributed by atoms with Crippen molar-refractivity contribution in [3.63, 3.8) is 0 Å². The summed E-state index contributed by atoms with van der Waals surface area (Å²) in [6.45, 7) is 13.5. The largest absolute Gasteiger partial charge is 0.311 e. The van der Waals surface area contributed by atoms with E-state index in [4.69, 9.17) is 0 Å². The molecule has 4 heterocycles. The van der Waals surface area contributed by atoms with Gasteiger partial charge in [0.1, 0.15) is 0 Å². The van der Waals surface area contributed by atoms with E-state index in [1.54, 1.807) is 0 Å². The van der Waals surface area contributed by atoms with Gasteiger partial charge in [0.25, 0.3) is 6.71 Å². The summed E-state index contributed by atoms with van der Waals surface area (Å²) in [4.78, 5) is 15.3. The van der Waals surface area contributed by atoms with Gasteiger partial charge in [-0.25, -0.2) is 0 Å². The summed E-state index contributed by atoms with van der Waals surface area (Å²) >= 11 is 1.90. The van der Waals surface area contributed by atoms with E-state index in [1.165, 1.54) is 59.3 Å². The topological polar surface area (TPSA) is 16.2 Å². The van der Waals surface area contributed by atoms with Gasteiger partial charge < -0.3 is 24.5 Å². The highest BCUT2D eigenvalue weighted by atomic mass is 32.2. The minimum atomic E-state index is -0.198. The number of anilines is 15.